The number of benzene rings is 2. The van der Waals surface area contributed by atoms with E-state index in [0.717, 1.165) is 18.4 Å². The number of anilines is 2. The predicted molar refractivity (Wildman–Crippen MR) is 136 cm³/mol. The molecule has 2 aliphatic rings. The molecule has 2 aromatic carbocycles. The monoisotopic (exact) mass is 494 g/mol. The Morgan fingerprint density at radius 2 is 1.89 bits per heavy atom. The Morgan fingerprint density at radius 3 is 2.56 bits per heavy atom. The highest BCUT2D eigenvalue weighted by atomic mass is 19.1. The molecule has 0 aromatic heterocycles. The summed E-state index contributed by atoms with van der Waals surface area (Å²) in [5.41, 5.74) is 1.82. The Morgan fingerprint density at radius 1 is 1.17 bits per heavy atom. The number of likely N-dealkylation sites (tertiary alicyclic amines) is 1. The number of nitrogens with zero attached hydrogens (tertiary/aromatic N) is 3. The smallest absolute Gasteiger partial charge is 0.414 e. The zero-order chi connectivity index (χ0) is 25.7. The third kappa shape index (κ3) is 6.02. The first kappa shape index (κ1) is 25.2. The predicted octanol–water partition coefficient (Wildman–Crippen LogP) is 3.43. The highest BCUT2D eigenvalue weighted by Crippen LogP contribution is 2.30. The average molecular weight is 495 g/mol. The van der Waals surface area contributed by atoms with Crippen LogP contribution in [0.2, 0.25) is 0 Å². The van der Waals surface area contributed by atoms with Gasteiger partial charge in [0.25, 0.3) is 0 Å². The molecule has 0 unspecified atom stereocenters. The second kappa shape index (κ2) is 11.2. The van der Waals surface area contributed by atoms with Crippen molar-refractivity contribution in [2.45, 2.75) is 31.9 Å². The van der Waals surface area contributed by atoms with Gasteiger partial charge in [0.05, 0.1) is 24.5 Å². The Labute approximate surface area is 210 Å². The van der Waals surface area contributed by atoms with Gasteiger partial charge < -0.3 is 19.9 Å². The normalized spacial score (nSPS) is 18.4. The molecule has 9 heteroatoms. The lowest BCUT2D eigenvalue weighted by Gasteiger charge is -2.37. The molecule has 190 valence electrons. The Kier molecular flexibility index (Phi) is 7.87. The quantitative estimate of drug-likeness (QED) is 0.597. The first-order chi connectivity index (χ1) is 17.3. The average Bonchev–Trinajstić information content (AvgIpc) is 3.26. The molecular weight excluding hydrogens is 463 g/mol. The summed E-state index contributed by atoms with van der Waals surface area (Å²) < 4.78 is 20.4. The molecule has 0 radical (unpaired) electrons. The van der Waals surface area contributed by atoms with Crippen LogP contribution in [0.25, 0.3) is 6.08 Å². The topological polar surface area (TPSA) is 82.2 Å². The molecule has 0 spiro atoms. The molecule has 1 atom stereocenters. The molecule has 2 aromatic rings. The van der Waals surface area contributed by atoms with Crippen molar-refractivity contribution in [1.29, 1.82) is 0 Å². The van der Waals surface area contributed by atoms with Crippen molar-refractivity contribution < 1.29 is 23.5 Å². The maximum atomic E-state index is 15.1. The molecule has 0 bridgehead atoms. The van der Waals surface area contributed by atoms with Gasteiger partial charge in [-0.15, -0.1) is 0 Å². The maximum absolute atomic E-state index is 15.1. The van der Waals surface area contributed by atoms with Gasteiger partial charge in [0.2, 0.25) is 11.8 Å². The summed E-state index contributed by atoms with van der Waals surface area (Å²) in [4.78, 5) is 41.0. The molecule has 1 N–H and O–H groups in total. The lowest BCUT2D eigenvalue weighted by Crippen LogP contribution is -2.45. The van der Waals surface area contributed by atoms with E-state index in [-0.39, 0.29) is 30.9 Å². The van der Waals surface area contributed by atoms with E-state index in [0.29, 0.717) is 24.5 Å². The molecular formula is C27H31FN4O4. The van der Waals surface area contributed by atoms with Crippen molar-refractivity contribution in [3.63, 3.8) is 0 Å². The first-order valence-electron chi connectivity index (χ1n) is 12.1. The van der Waals surface area contributed by atoms with Gasteiger partial charge in [0.1, 0.15) is 11.9 Å². The number of cyclic esters (lactones) is 1. The number of hydrogen-bond acceptors (Lipinski definition) is 5. The molecule has 4 rings (SSSR count). The molecule has 8 nitrogen and oxygen atoms in total. The molecule has 0 saturated carbocycles. The van der Waals surface area contributed by atoms with Gasteiger partial charge in [-0.2, -0.15) is 0 Å². The van der Waals surface area contributed by atoms with Crippen LogP contribution in [0.5, 0.6) is 0 Å². The van der Waals surface area contributed by atoms with Crippen LogP contribution in [0, 0.1) is 5.82 Å². The van der Waals surface area contributed by atoms with Gasteiger partial charge in [-0.1, -0.05) is 30.3 Å². The Balaban J connectivity index is 1.33. The van der Waals surface area contributed by atoms with Crippen molar-refractivity contribution in [2.24, 2.45) is 0 Å². The fourth-order valence-corrected chi connectivity index (χ4v) is 4.55. The number of nitrogens with one attached hydrogen (secondary N) is 1. The summed E-state index contributed by atoms with van der Waals surface area (Å²) in [6.45, 7) is 3.04. The summed E-state index contributed by atoms with van der Waals surface area (Å²) in [7, 11) is 1.85. The van der Waals surface area contributed by atoms with E-state index < -0.39 is 18.0 Å². The molecule has 36 heavy (non-hydrogen) atoms. The third-order valence-electron chi connectivity index (χ3n) is 6.62. The van der Waals surface area contributed by atoms with E-state index in [4.69, 9.17) is 4.74 Å². The number of halogens is 1. The third-order valence-corrected chi connectivity index (χ3v) is 6.62. The highest BCUT2D eigenvalue weighted by Gasteiger charge is 2.33. The van der Waals surface area contributed by atoms with E-state index in [1.165, 1.54) is 17.9 Å². The number of ether oxygens (including phenoxy) is 1. The summed E-state index contributed by atoms with van der Waals surface area (Å²) in [5, 5.41) is 2.62. The van der Waals surface area contributed by atoms with Gasteiger partial charge in [0.15, 0.2) is 0 Å². The molecule has 3 amide bonds. The van der Waals surface area contributed by atoms with Crippen LogP contribution in [0.1, 0.15) is 25.3 Å². The van der Waals surface area contributed by atoms with Crippen molar-refractivity contribution >= 4 is 35.4 Å². The number of piperidine rings is 1. The zero-order valence-electron chi connectivity index (χ0n) is 20.5. The molecule has 2 heterocycles. The first-order valence-corrected chi connectivity index (χ1v) is 12.1. The molecule has 2 saturated heterocycles. The summed E-state index contributed by atoms with van der Waals surface area (Å²) in [6, 6.07) is 14.5. The van der Waals surface area contributed by atoms with Crippen molar-refractivity contribution in [1.82, 2.24) is 10.2 Å². The van der Waals surface area contributed by atoms with Gasteiger partial charge >= 0.3 is 6.09 Å². The standard InChI is InChI=1S/C27H31FN4O4/c1-19(33)29-17-23-18-32(27(35)36-23)22-9-10-25(24(28)16-22)30(2)21-12-14-31(15-13-21)26(34)11-8-20-6-4-3-5-7-20/h3-11,16,21,23H,12-15,17-18H2,1-2H3,(H,29,33)/b11-8+/t23-/m0/s1. The summed E-state index contributed by atoms with van der Waals surface area (Å²) in [6.07, 6.45) is 3.82. The number of hydrogen-bond donors (Lipinski definition) is 1. The number of amides is 3. The minimum absolute atomic E-state index is 0.0233. The van der Waals surface area contributed by atoms with Crippen molar-refractivity contribution in [3.8, 4) is 0 Å². The van der Waals surface area contributed by atoms with Crippen LogP contribution in [-0.2, 0) is 14.3 Å². The number of carbonyl (C=O) groups is 3. The van der Waals surface area contributed by atoms with Crippen LogP contribution in [0.15, 0.2) is 54.6 Å². The van der Waals surface area contributed by atoms with Crippen LogP contribution in [0.3, 0.4) is 0 Å². The fraction of sp³-hybridized carbons (Fsp3) is 0.370. The molecule has 2 aliphatic heterocycles. The minimum atomic E-state index is -0.566. The van der Waals surface area contributed by atoms with E-state index >= 15 is 4.39 Å². The number of carbonyl (C=O) groups excluding carboxylic acids is 3. The Bertz CT molecular complexity index is 1130. The van der Waals surface area contributed by atoms with Crippen LogP contribution in [-0.4, -0.2) is 68.2 Å². The van der Waals surface area contributed by atoms with Gasteiger partial charge in [-0.05, 0) is 42.7 Å². The number of rotatable bonds is 7. The second-order valence-electron chi connectivity index (χ2n) is 9.10. The van der Waals surface area contributed by atoms with E-state index in [1.54, 1.807) is 18.2 Å². The van der Waals surface area contributed by atoms with E-state index in [1.807, 2.05) is 53.3 Å². The van der Waals surface area contributed by atoms with Crippen LogP contribution < -0.4 is 15.1 Å². The highest BCUT2D eigenvalue weighted by molar-refractivity contribution is 5.92. The van der Waals surface area contributed by atoms with Crippen LogP contribution in [0.4, 0.5) is 20.6 Å². The van der Waals surface area contributed by atoms with Gasteiger partial charge in [0, 0.05) is 39.2 Å². The summed E-state index contributed by atoms with van der Waals surface area (Å²) in [5.74, 6) is -0.663. The SMILES string of the molecule is CC(=O)NC[C@H]1CN(c2ccc(N(C)C3CCN(C(=O)/C=C/c4ccccc4)CC3)c(F)c2)C(=O)O1. The maximum Gasteiger partial charge on any atom is 0.414 e. The minimum Gasteiger partial charge on any atom is -0.442 e. The largest absolute Gasteiger partial charge is 0.442 e. The molecule has 0 aliphatic carbocycles. The zero-order valence-corrected chi connectivity index (χ0v) is 20.5. The van der Waals surface area contributed by atoms with E-state index in [2.05, 4.69) is 5.32 Å². The van der Waals surface area contributed by atoms with Gasteiger partial charge in [-0.3, -0.25) is 14.5 Å². The lowest BCUT2D eigenvalue weighted by molar-refractivity contribution is -0.127. The molecule has 2 fully saturated rings. The van der Waals surface area contributed by atoms with Crippen molar-refractivity contribution in [3.05, 3.63) is 66.0 Å². The van der Waals surface area contributed by atoms with Crippen LogP contribution >= 0.6 is 0 Å². The van der Waals surface area contributed by atoms with Gasteiger partial charge in [-0.25, -0.2) is 9.18 Å². The fourth-order valence-electron chi connectivity index (χ4n) is 4.55. The van der Waals surface area contributed by atoms with E-state index in [9.17, 15) is 14.4 Å². The Hall–Kier alpha value is -3.88. The van der Waals surface area contributed by atoms with Crippen molar-refractivity contribution in [2.75, 3.05) is 43.0 Å². The summed E-state index contributed by atoms with van der Waals surface area (Å²) >= 11 is 0. The lowest BCUT2D eigenvalue weighted by atomic mass is 10.0. The second-order valence-corrected chi connectivity index (χ2v) is 9.10.